The topological polar surface area (TPSA) is 84.2 Å². The first-order valence-corrected chi connectivity index (χ1v) is 9.69. The van der Waals surface area contributed by atoms with Crippen LogP contribution in [0.15, 0.2) is 71.9 Å². The molecule has 6 nitrogen and oxygen atoms in total. The lowest BCUT2D eigenvalue weighted by Gasteiger charge is -2.19. The molecular weight excluding hydrogens is 350 g/mol. The average molecular weight is 371 g/mol. The Labute approximate surface area is 153 Å². The zero-order chi connectivity index (χ0) is 18.7. The van der Waals surface area contributed by atoms with E-state index in [0.717, 1.165) is 5.56 Å². The number of hydrogen-bond acceptors (Lipinski definition) is 4. The zero-order valence-electron chi connectivity index (χ0n) is 14.6. The number of benzene rings is 2. The average Bonchev–Trinajstić information content (AvgIpc) is 3.06. The molecule has 0 aliphatic rings. The van der Waals surface area contributed by atoms with Crippen LogP contribution in [0.2, 0.25) is 0 Å². The molecule has 1 heterocycles. The molecule has 2 unspecified atom stereocenters. The lowest BCUT2D eigenvalue weighted by Crippen LogP contribution is -2.31. The Morgan fingerprint density at radius 1 is 1.04 bits per heavy atom. The minimum Gasteiger partial charge on any atom is -0.389 e. The van der Waals surface area contributed by atoms with E-state index in [4.69, 9.17) is 0 Å². The van der Waals surface area contributed by atoms with Crippen molar-refractivity contribution in [1.29, 1.82) is 0 Å². The molecular formula is C19H21N3O3S. The number of sulfonamides is 1. The molecule has 3 rings (SSSR count). The van der Waals surface area contributed by atoms with Crippen LogP contribution < -0.4 is 4.72 Å². The lowest BCUT2D eigenvalue weighted by molar-refractivity contribution is 0.199. The molecule has 0 amide bonds. The van der Waals surface area contributed by atoms with E-state index in [2.05, 4.69) is 9.71 Å². The van der Waals surface area contributed by atoms with Gasteiger partial charge in [0.25, 0.3) is 0 Å². The van der Waals surface area contributed by atoms with Crippen LogP contribution in [0, 0.1) is 0 Å². The third-order valence-electron chi connectivity index (χ3n) is 4.20. The predicted molar refractivity (Wildman–Crippen MR) is 98.9 cm³/mol. The smallest absolute Gasteiger partial charge is 0.241 e. The minimum atomic E-state index is -3.78. The van der Waals surface area contributed by atoms with Crippen LogP contribution in [0.1, 0.15) is 36.0 Å². The van der Waals surface area contributed by atoms with Crippen molar-refractivity contribution >= 4 is 10.0 Å². The van der Waals surface area contributed by atoms with Gasteiger partial charge in [0.1, 0.15) is 11.9 Å². The maximum absolute atomic E-state index is 12.9. The van der Waals surface area contributed by atoms with Crippen molar-refractivity contribution in [2.75, 3.05) is 0 Å². The molecule has 3 aromatic rings. The number of aliphatic hydroxyl groups is 1. The summed E-state index contributed by atoms with van der Waals surface area (Å²) in [5, 5.41) is 9.59. The van der Waals surface area contributed by atoms with E-state index in [0.29, 0.717) is 11.4 Å². The Kier molecular flexibility index (Phi) is 5.22. The molecule has 0 aliphatic heterocycles. The van der Waals surface area contributed by atoms with E-state index >= 15 is 0 Å². The van der Waals surface area contributed by atoms with Gasteiger partial charge in [0.05, 0.1) is 11.0 Å². The first-order chi connectivity index (χ1) is 12.4. The number of rotatable bonds is 6. The van der Waals surface area contributed by atoms with E-state index < -0.39 is 22.2 Å². The van der Waals surface area contributed by atoms with Crippen LogP contribution >= 0.6 is 0 Å². The molecule has 2 aromatic carbocycles. The number of hydrogen-bond donors (Lipinski definition) is 2. The lowest BCUT2D eigenvalue weighted by atomic mass is 10.1. The summed E-state index contributed by atoms with van der Waals surface area (Å²) in [5.74, 6) is 0.598. The number of nitrogens with one attached hydrogen (secondary N) is 1. The highest BCUT2D eigenvalue weighted by Gasteiger charge is 2.25. The minimum absolute atomic E-state index is 0.136. The molecule has 0 spiro atoms. The second-order valence-corrected chi connectivity index (χ2v) is 7.82. The maximum atomic E-state index is 12.9. The third-order valence-corrected chi connectivity index (χ3v) is 5.63. The van der Waals surface area contributed by atoms with Gasteiger partial charge in [-0.15, -0.1) is 0 Å². The van der Waals surface area contributed by atoms with Crippen LogP contribution in [-0.2, 0) is 17.1 Å². The quantitative estimate of drug-likeness (QED) is 0.697. The van der Waals surface area contributed by atoms with E-state index in [1.165, 1.54) is 12.1 Å². The molecule has 0 saturated heterocycles. The Morgan fingerprint density at radius 3 is 2.23 bits per heavy atom. The van der Waals surface area contributed by atoms with Crippen molar-refractivity contribution in [2.45, 2.75) is 24.0 Å². The molecule has 0 saturated carbocycles. The van der Waals surface area contributed by atoms with Crippen molar-refractivity contribution in [3.05, 3.63) is 83.9 Å². The van der Waals surface area contributed by atoms with Gasteiger partial charge < -0.3 is 9.67 Å². The maximum Gasteiger partial charge on any atom is 0.241 e. The SMILES string of the molecule is CC(O)c1ccc(S(=O)(=O)NC(c2ccccc2)c2nccn2C)cc1. The normalized spacial score (nSPS) is 14.1. The Balaban J connectivity index is 1.97. The first-order valence-electron chi connectivity index (χ1n) is 8.21. The number of aryl methyl sites for hydroxylation is 1. The molecule has 1 aromatic heterocycles. The van der Waals surface area contributed by atoms with Crippen molar-refractivity contribution in [3.8, 4) is 0 Å². The summed E-state index contributed by atoms with van der Waals surface area (Å²) in [6.07, 6.45) is 2.76. The Morgan fingerprint density at radius 2 is 1.69 bits per heavy atom. The third kappa shape index (κ3) is 3.85. The van der Waals surface area contributed by atoms with Crippen LogP contribution in [0.25, 0.3) is 0 Å². The summed E-state index contributed by atoms with van der Waals surface area (Å²) in [7, 11) is -1.95. The van der Waals surface area contributed by atoms with Crippen LogP contribution in [0.4, 0.5) is 0 Å². The van der Waals surface area contributed by atoms with E-state index in [9.17, 15) is 13.5 Å². The molecule has 0 radical (unpaired) electrons. The van der Waals surface area contributed by atoms with Gasteiger partial charge in [-0.1, -0.05) is 42.5 Å². The summed E-state index contributed by atoms with van der Waals surface area (Å²) < 4.78 is 30.3. The number of aromatic nitrogens is 2. The number of aliphatic hydroxyl groups excluding tert-OH is 1. The van der Waals surface area contributed by atoms with E-state index in [-0.39, 0.29) is 4.90 Å². The van der Waals surface area contributed by atoms with Crippen LogP contribution in [0.5, 0.6) is 0 Å². The van der Waals surface area contributed by atoms with Crippen molar-refractivity contribution in [1.82, 2.24) is 14.3 Å². The van der Waals surface area contributed by atoms with Crippen molar-refractivity contribution in [3.63, 3.8) is 0 Å². The fourth-order valence-electron chi connectivity index (χ4n) is 2.72. The monoisotopic (exact) mass is 371 g/mol. The second kappa shape index (κ2) is 7.41. The van der Waals surface area contributed by atoms with Gasteiger partial charge >= 0.3 is 0 Å². The molecule has 26 heavy (non-hydrogen) atoms. The van der Waals surface area contributed by atoms with Gasteiger partial charge in [-0.25, -0.2) is 13.4 Å². The molecule has 136 valence electrons. The van der Waals surface area contributed by atoms with Crippen LogP contribution in [0.3, 0.4) is 0 Å². The highest BCUT2D eigenvalue weighted by molar-refractivity contribution is 7.89. The van der Waals surface area contributed by atoms with Crippen molar-refractivity contribution < 1.29 is 13.5 Å². The fourth-order valence-corrected chi connectivity index (χ4v) is 3.90. The van der Waals surface area contributed by atoms with Gasteiger partial charge in [0.15, 0.2) is 0 Å². The molecule has 7 heteroatoms. The highest BCUT2D eigenvalue weighted by atomic mass is 32.2. The van der Waals surface area contributed by atoms with E-state index in [1.807, 2.05) is 37.4 Å². The highest BCUT2D eigenvalue weighted by Crippen LogP contribution is 2.24. The number of imidazole rings is 1. The largest absolute Gasteiger partial charge is 0.389 e. The molecule has 2 N–H and O–H groups in total. The summed E-state index contributed by atoms with van der Waals surface area (Å²) in [6, 6.07) is 14.9. The molecule has 2 atom stereocenters. The number of nitrogens with zero attached hydrogens (tertiary/aromatic N) is 2. The fraction of sp³-hybridized carbons (Fsp3) is 0.211. The standard InChI is InChI=1S/C19H21N3O3S/c1-14(23)15-8-10-17(11-9-15)26(24,25)21-18(16-6-4-3-5-7-16)19-20-12-13-22(19)2/h3-14,18,21,23H,1-2H3. The summed E-state index contributed by atoms with van der Waals surface area (Å²) in [5.41, 5.74) is 1.46. The molecule has 0 aliphatic carbocycles. The Hall–Kier alpha value is -2.48. The molecule has 0 fully saturated rings. The summed E-state index contributed by atoms with van der Waals surface area (Å²) >= 11 is 0. The van der Waals surface area contributed by atoms with Gasteiger partial charge in [-0.3, -0.25) is 0 Å². The van der Waals surface area contributed by atoms with Crippen LogP contribution in [-0.4, -0.2) is 23.1 Å². The van der Waals surface area contributed by atoms with Gasteiger partial charge in [0.2, 0.25) is 10.0 Å². The van der Waals surface area contributed by atoms with Crippen molar-refractivity contribution in [2.24, 2.45) is 7.05 Å². The first kappa shape index (κ1) is 18.3. The summed E-state index contributed by atoms with van der Waals surface area (Å²) in [4.78, 5) is 4.45. The van der Waals surface area contributed by atoms with Gasteiger partial charge in [0, 0.05) is 19.4 Å². The van der Waals surface area contributed by atoms with Gasteiger partial charge in [-0.05, 0) is 30.2 Å². The summed E-state index contributed by atoms with van der Waals surface area (Å²) in [6.45, 7) is 1.63. The van der Waals surface area contributed by atoms with Gasteiger partial charge in [-0.2, -0.15) is 4.72 Å². The predicted octanol–water partition coefficient (Wildman–Crippen LogP) is 2.54. The zero-order valence-corrected chi connectivity index (χ0v) is 15.4. The Bertz CT molecular complexity index is 965. The second-order valence-electron chi connectivity index (χ2n) is 6.11. The van der Waals surface area contributed by atoms with E-state index in [1.54, 1.807) is 36.0 Å². The molecule has 0 bridgehead atoms.